The lowest BCUT2D eigenvalue weighted by Gasteiger charge is -2.32. The van der Waals surface area contributed by atoms with Crippen LogP contribution in [-0.4, -0.2) is 29.2 Å². The Morgan fingerprint density at radius 3 is 2.05 bits per heavy atom. The first-order chi connectivity index (χ1) is 8.48. The Bertz CT molecular complexity index is 448. The van der Waals surface area contributed by atoms with Crippen LogP contribution in [0, 0.1) is 11.3 Å². The van der Waals surface area contributed by atoms with E-state index in [0.29, 0.717) is 0 Å². The molecule has 2 unspecified atom stereocenters. The lowest BCUT2D eigenvalue weighted by molar-refractivity contribution is -0.174. The topological polar surface area (TPSA) is 89.5 Å². The zero-order chi connectivity index (χ0) is 15.0. The van der Waals surface area contributed by atoms with Crippen LogP contribution < -0.4 is 5.32 Å². The van der Waals surface area contributed by atoms with E-state index in [1.165, 1.54) is 13.8 Å². The highest BCUT2D eigenvalue weighted by Crippen LogP contribution is 2.36. The Labute approximate surface area is 111 Å². The second kappa shape index (κ2) is 4.75. The van der Waals surface area contributed by atoms with E-state index in [2.05, 4.69) is 5.32 Å². The van der Waals surface area contributed by atoms with Gasteiger partial charge in [-0.05, 0) is 34.6 Å². The number of amides is 2. The normalized spacial score (nSPS) is 22.7. The van der Waals surface area contributed by atoms with Gasteiger partial charge in [-0.15, -0.1) is 0 Å². The van der Waals surface area contributed by atoms with Crippen molar-refractivity contribution in [1.82, 2.24) is 5.32 Å². The number of hydrogen-bond donors (Lipinski definition) is 1. The SMILES string of the molecule is CC(=O)C(C)(C(=O)OC(C)(C)C)C1CC(=O)NC1=O. The summed E-state index contributed by atoms with van der Waals surface area (Å²) in [6.07, 6.45) is -0.172. The summed E-state index contributed by atoms with van der Waals surface area (Å²) >= 11 is 0. The first-order valence-corrected chi connectivity index (χ1v) is 6.06. The number of carbonyl (C=O) groups is 4. The van der Waals surface area contributed by atoms with Gasteiger partial charge in [0.25, 0.3) is 0 Å². The molecule has 106 valence electrons. The van der Waals surface area contributed by atoms with Crippen LogP contribution in [0.4, 0.5) is 0 Å². The highest BCUT2D eigenvalue weighted by molar-refractivity contribution is 6.12. The number of esters is 1. The molecule has 2 amide bonds. The fraction of sp³-hybridized carbons (Fsp3) is 0.692. The molecule has 0 saturated carbocycles. The summed E-state index contributed by atoms with van der Waals surface area (Å²) in [4.78, 5) is 47.0. The first kappa shape index (κ1) is 15.3. The van der Waals surface area contributed by atoms with Gasteiger partial charge in [0.1, 0.15) is 16.8 Å². The van der Waals surface area contributed by atoms with Gasteiger partial charge in [0.2, 0.25) is 11.8 Å². The van der Waals surface area contributed by atoms with Crippen LogP contribution in [0.5, 0.6) is 0 Å². The van der Waals surface area contributed by atoms with Crippen LogP contribution in [0.25, 0.3) is 0 Å². The minimum Gasteiger partial charge on any atom is -0.459 e. The van der Waals surface area contributed by atoms with Gasteiger partial charge in [0.15, 0.2) is 0 Å². The van der Waals surface area contributed by atoms with Gasteiger partial charge in [-0.25, -0.2) is 0 Å². The Balaban J connectivity index is 3.11. The van der Waals surface area contributed by atoms with Crippen LogP contribution in [-0.2, 0) is 23.9 Å². The third kappa shape index (κ3) is 3.00. The average Bonchev–Trinajstić information content (AvgIpc) is 2.53. The molecule has 0 aliphatic carbocycles. The Hall–Kier alpha value is -1.72. The van der Waals surface area contributed by atoms with Gasteiger partial charge >= 0.3 is 5.97 Å². The van der Waals surface area contributed by atoms with E-state index in [4.69, 9.17) is 4.74 Å². The second-order valence-electron chi connectivity index (χ2n) is 5.93. The third-order valence-corrected chi connectivity index (χ3v) is 3.22. The summed E-state index contributed by atoms with van der Waals surface area (Å²) in [5, 5.41) is 2.11. The molecule has 0 radical (unpaired) electrons. The van der Waals surface area contributed by atoms with Gasteiger partial charge in [-0.2, -0.15) is 0 Å². The molecule has 1 fully saturated rings. The number of ketones is 1. The molecule has 1 heterocycles. The van der Waals surface area contributed by atoms with E-state index in [9.17, 15) is 19.2 Å². The maximum absolute atomic E-state index is 12.2. The monoisotopic (exact) mass is 269 g/mol. The zero-order valence-electron chi connectivity index (χ0n) is 11.8. The van der Waals surface area contributed by atoms with Gasteiger partial charge in [0, 0.05) is 6.42 Å². The van der Waals surface area contributed by atoms with Crippen LogP contribution in [0.2, 0.25) is 0 Å². The van der Waals surface area contributed by atoms with Crippen LogP contribution in [0.15, 0.2) is 0 Å². The maximum Gasteiger partial charge on any atom is 0.320 e. The molecule has 6 heteroatoms. The predicted molar refractivity (Wildman–Crippen MR) is 65.9 cm³/mol. The van der Waals surface area contributed by atoms with Crippen molar-refractivity contribution in [3.05, 3.63) is 0 Å². The van der Waals surface area contributed by atoms with E-state index < -0.39 is 40.5 Å². The van der Waals surface area contributed by atoms with Crippen molar-refractivity contribution in [3.8, 4) is 0 Å². The van der Waals surface area contributed by atoms with Crippen molar-refractivity contribution < 1.29 is 23.9 Å². The molecular weight excluding hydrogens is 250 g/mol. The van der Waals surface area contributed by atoms with E-state index in [-0.39, 0.29) is 6.42 Å². The molecule has 1 rings (SSSR count). The van der Waals surface area contributed by atoms with E-state index in [1.807, 2.05) is 0 Å². The van der Waals surface area contributed by atoms with Crippen LogP contribution in [0.3, 0.4) is 0 Å². The molecule has 1 N–H and O–H groups in total. The predicted octanol–water partition coefficient (Wildman–Crippen LogP) is 0.586. The number of Topliss-reactive ketones (excluding diaryl/α,β-unsaturated/α-hetero) is 1. The molecule has 2 atom stereocenters. The molecule has 1 saturated heterocycles. The molecule has 0 bridgehead atoms. The number of rotatable bonds is 3. The van der Waals surface area contributed by atoms with Crippen LogP contribution >= 0.6 is 0 Å². The lowest BCUT2D eigenvalue weighted by atomic mass is 9.73. The number of imide groups is 1. The Morgan fingerprint density at radius 1 is 1.21 bits per heavy atom. The van der Waals surface area contributed by atoms with Crippen molar-refractivity contribution in [1.29, 1.82) is 0 Å². The van der Waals surface area contributed by atoms with Crippen molar-refractivity contribution in [3.63, 3.8) is 0 Å². The summed E-state index contributed by atoms with van der Waals surface area (Å²) in [6.45, 7) is 7.59. The summed E-state index contributed by atoms with van der Waals surface area (Å²) < 4.78 is 5.21. The summed E-state index contributed by atoms with van der Waals surface area (Å²) in [5.41, 5.74) is -2.41. The number of ether oxygens (including phenoxy) is 1. The number of nitrogens with one attached hydrogen (secondary N) is 1. The molecule has 1 aliphatic heterocycles. The van der Waals surface area contributed by atoms with E-state index in [0.717, 1.165) is 0 Å². The first-order valence-electron chi connectivity index (χ1n) is 6.06. The summed E-state index contributed by atoms with van der Waals surface area (Å²) in [7, 11) is 0. The molecule has 1 aliphatic rings. The fourth-order valence-corrected chi connectivity index (χ4v) is 1.94. The van der Waals surface area contributed by atoms with E-state index in [1.54, 1.807) is 20.8 Å². The zero-order valence-corrected chi connectivity index (χ0v) is 11.8. The molecule has 0 aromatic heterocycles. The largest absolute Gasteiger partial charge is 0.459 e. The van der Waals surface area contributed by atoms with Gasteiger partial charge in [-0.1, -0.05) is 0 Å². The molecule has 0 aromatic rings. The smallest absolute Gasteiger partial charge is 0.320 e. The van der Waals surface area contributed by atoms with E-state index >= 15 is 0 Å². The van der Waals surface area contributed by atoms with Crippen LogP contribution in [0.1, 0.15) is 41.0 Å². The summed E-state index contributed by atoms with van der Waals surface area (Å²) in [6, 6.07) is 0. The molecule has 6 nitrogen and oxygen atoms in total. The lowest BCUT2D eigenvalue weighted by Crippen LogP contribution is -2.48. The van der Waals surface area contributed by atoms with Gasteiger partial charge in [-0.3, -0.25) is 24.5 Å². The Kier molecular flexibility index (Phi) is 3.84. The average molecular weight is 269 g/mol. The molecular formula is C13H19NO5. The minimum atomic E-state index is -1.64. The second-order valence-corrected chi connectivity index (χ2v) is 5.93. The maximum atomic E-state index is 12.2. The van der Waals surface area contributed by atoms with Crippen molar-refractivity contribution >= 4 is 23.6 Å². The Morgan fingerprint density at radius 2 is 1.74 bits per heavy atom. The van der Waals surface area contributed by atoms with Gasteiger partial charge < -0.3 is 4.74 Å². The van der Waals surface area contributed by atoms with Crippen molar-refractivity contribution in [2.24, 2.45) is 11.3 Å². The van der Waals surface area contributed by atoms with Crippen molar-refractivity contribution in [2.45, 2.75) is 46.6 Å². The highest BCUT2D eigenvalue weighted by Gasteiger charge is 2.54. The number of hydrogen-bond acceptors (Lipinski definition) is 5. The van der Waals surface area contributed by atoms with Gasteiger partial charge in [0.05, 0.1) is 5.92 Å². The molecule has 19 heavy (non-hydrogen) atoms. The van der Waals surface area contributed by atoms with Crippen molar-refractivity contribution in [2.75, 3.05) is 0 Å². The third-order valence-electron chi connectivity index (χ3n) is 3.22. The quantitative estimate of drug-likeness (QED) is 0.460. The summed E-state index contributed by atoms with van der Waals surface area (Å²) in [5.74, 6) is -3.36. The molecule has 0 aromatic carbocycles. The highest BCUT2D eigenvalue weighted by atomic mass is 16.6. The minimum absolute atomic E-state index is 0.172. The fourth-order valence-electron chi connectivity index (χ4n) is 1.94. The molecule has 0 spiro atoms. The standard InChI is InChI=1S/C13H19NO5/c1-7(15)13(5,11(18)19-12(2,3)4)8-6-9(16)14-10(8)17/h8H,6H2,1-5H3,(H,14,16,17). The number of carbonyl (C=O) groups excluding carboxylic acids is 4.